The zero-order valence-corrected chi connectivity index (χ0v) is 12.5. The first kappa shape index (κ1) is 14.7. The van der Waals surface area contributed by atoms with Gasteiger partial charge < -0.3 is 9.47 Å². The van der Waals surface area contributed by atoms with Crippen molar-refractivity contribution in [3.63, 3.8) is 0 Å². The van der Waals surface area contributed by atoms with E-state index >= 15 is 0 Å². The van der Waals surface area contributed by atoms with Gasteiger partial charge in [0.2, 0.25) is 0 Å². The molecule has 1 aromatic heterocycles. The molecule has 1 aliphatic carbocycles. The third-order valence-electron chi connectivity index (χ3n) is 3.79. The molecule has 0 saturated heterocycles. The normalized spacial score (nSPS) is 27.5. The second-order valence-corrected chi connectivity index (χ2v) is 5.73. The molecule has 5 heteroatoms. The molecule has 1 aliphatic rings. The summed E-state index contributed by atoms with van der Waals surface area (Å²) in [7, 11) is 3.38. The zero-order valence-electron chi connectivity index (χ0n) is 11.8. The van der Waals surface area contributed by atoms with Gasteiger partial charge in [-0.15, -0.1) is 0 Å². The Labute approximate surface area is 119 Å². The van der Waals surface area contributed by atoms with Gasteiger partial charge >= 0.3 is 0 Å². The Hall–Kier alpha value is -0.710. The van der Waals surface area contributed by atoms with Gasteiger partial charge in [-0.2, -0.15) is 0 Å². The highest BCUT2D eigenvalue weighted by atomic mass is 35.5. The molecule has 106 valence electrons. The summed E-state index contributed by atoms with van der Waals surface area (Å²) in [5.41, 5.74) is 0.401. The van der Waals surface area contributed by atoms with E-state index in [9.17, 15) is 0 Å². The second kappa shape index (κ2) is 6.16. The highest BCUT2D eigenvalue weighted by Crippen LogP contribution is 2.41. The van der Waals surface area contributed by atoms with Gasteiger partial charge in [-0.05, 0) is 31.2 Å². The lowest BCUT2D eigenvalue weighted by Gasteiger charge is -2.37. The molecule has 0 spiro atoms. The van der Waals surface area contributed by atoms with Crippen LogP contribution >= 0.6 is 11.6 Å². The van der Waals surface area contributed by atoms with Crippen molar-refractivity contribution in [3.05, 3.63) is 22.7 Å². The molecule has 2 unspecified atom stereocenters. The maximum atomic E-state index is 6.10. The highest BCUT2D eigenvalue weighted by Gasteiger charge is 2.39. The fourth-order valence-electron chi connectivity index (χ4n) is 2.87. The van der Waals surface area contributed by atoms with E-state index in [0.717, 1.165) is 25.0 Å². The van der Waals surface area contributed by atoms with E-state index in [1.54, 1.807) is 20.3 Å². The van der Waals surface area contributed by atoms with Crippen molar-refractivity contribution < 1.29 is 9.47 Å². The topological polar surface area (TPSA) is 44.2 Å². The quantitative estimate of drug-likeness (QED) is 0.796. The van der Waals surface area contributed by atoms with Crippen LogP contribution in [0, 0.1) is 5.92 Å². The first-order chi connectivity index (χ1) is 9.09. The predicted molar refractivity (Wildman–Crippen MR) is 74.1 cm³/mol. The van der Waals surface area contributed by atoms with Crippen molar-refractivity contribution >= 4 is 11.6 Å². The summed E-state index contributed by atoms with van der Waals surface area (Å²) in [5.74, 6) is 1.31. The predicted octanol–water partition coefficient (Wildman–Crippen LogP) is 3.33. The smallest absolute Gasteiger partial charge is 0.162 e. The molecule has 0 amide bonds. The minimum Gasteiger partial charge on any atom is -0.378 e. The van der Waals surface area contributed by atoms with Crippen LogP contribution in [0.3, 0.4) is 0 Å². The van der Waals surface area contributed by atoms with Crippen LogP contribution in [0.25, 0.3) is 0 Å². The number of halogens is 1. The van der Waals surface area contributed by atoms with E-state index in [0.29, 0.717) is 23.5 Å². The van der Waals surface area contributed by atoms with Gasteiger partial charge in [-0.1, -0.05) is 24.9 Å². The van der Waals surface area contributed by atoms with Crippen molar-refractivity contribution in [2.45, 2.75) is 44.8 Å². The second-order valence-electron chi connectivity index (χ2n) is 5.34. The van der Waals surface area contributed by atoms with Crippen molar-refractivity contribution in [1.29, 1.82) is 0 Å². The molecule has 19 heavy (non-hydrogen) atoms. The van der Waals surface area contributed by atoms with Gasteiger partial charge in [-0.25, -0.2) is 9.97 Å². The van der Waals surface area contributed by atoms with E-state index in [1.807, 2.05) is 0 Å². The summed E-state index contributed by atoms with van der Waals surface area (Å²) in [6.07, 6.45) is 4.25. The van der Waals surface area contributed by atoms with Gasteiger partial charge in [0.1, 0.15) is 10.8 Å². The van der Waals surface area contributed by atoms with Crippen molar-refractivity contribution in [1.82, 2.24) is 9.97 Å². The number of ether oxygens (including phenoxy) is 2. The average molecular weight is 285 g/mol. The standard InChI is InChI=1S/C14H21ClN2O2/c1-10-5-4-6-14(8-10,19-3)13-16-11(9-18-2)7-12(15)17-13/h7,10H,4-6,8-9H2,1-3H3. The molecule has 1 saturated carbocycles. The maximum Gasteiger partial charge on any atom is 0.162 e. The van der Waals surface area contributed by atoms with E-state index in [-0.39, 0.29) is 0 Å². The molecular weight excluding hydrogens is 264 g/mol. The van der Waals surface area contributed by atoms with Crippen LogP contribution in [-0.4, -0.2) is 24.2 Å². The molecule has 0 aliphatic heterocycles. The lowest BCUT2D eigenvalue weighted by Crippen LogP contribution is -2.36. The van der Waals surface area contributed by atoms with E-state index < -0.39 is 5.60 Å². The summed E-state index contributed by atoms with van der Waals surface area (Å²) < 4.78 is 10.9. The monoisotopic (exact) mass is 284 g/mol. The Morgan fingerprint density at radius 2 is 2.21 bits per heavy atom. The number of rotatable bonds is 4. The molecule has 1 heterocycles. The molecule has 2 atom stereocenters. The average Bonchev–Trinajstić information content (AvgIpc) is 2.38. The molecular formula is C14H21ClN2O2. The number of hydrogen-bond donors (Lipinski definition) is 0. The van der Waals surface area contributed by atoms with Gasteiger partial charge in [0.25, 0.3) is 0 Å². The fourth-order valence-corrected chi connectivity index (χ4v) is 3.08. The fraction of sp³-hybridized carbons (Fsp3) is 0.714. The number of methoxy groups -OCH3 is 2. The molecule has 0 bridgehead atoms. The molecule has 1 aromatic rings. The Balaban J connectivity index is 2.36. The van der Waals surface area contributed by atoms with Crippen LogP contribution in [0.15, 0.2) is 6.07 Å². The third kappa shape index (κ3) is 3.25. The first-order valence-electron chi connectivity index (χ1n) is 6.67. The van der Waals surface area contributed by atoms with Gasteiger partial charge in [-0.3, -0.25) is 0 Å². The summed E-state index contributed by atoms with van der Waals surface area (Å²) >= 11 is 6.10. The molecule has 2 rings (SSSR count). The lowest BCUT2D eigenvalue weighted by molar-refractivity contribution is -0.0649. The van der Waals surface area contributed by atoms with Crippen LogP contribution < -0.4 is 0 Å². The minimum atomic E-state index is -0.398. The van der Waals surface area contributed by atoms with Crippen molar-refractivity contribution in [2.75, 3.05) is 14.2 Å². The maximum absolute atomic E-state index is 6.10. The van der Waals surface area contributed by atoms with Gasteiger partial charge in [0.15, 0.2) is 5.82 Å². The Morgan fingerprint density at radius 3 is 2.84 bits per heavy atom. The Bertz CT molecular complexity index is 441. The summed E-state index contributed by atoms with van der Waals surface area (Å²) in [6.45, 7) is 2.68. The van der Waals surface area contributed by atoms with Crippen LogP contribution in [0.5, 0.6) is 0 Å². The number of nitrogens with zero attached hydrogens (tertiary/aromatic N) is 2. The summed E-state index contributed by atoms with van der Waals surface area (Å²) in [5, 5.41) is 0.451. The third-order valence-corrected chi connectivity index (χ3v) is 3.99. The van der Waals surface area contributed by atoms with Crippen molar-refractivity contribution in [2.24, 2.45) is 5.92 Å². The van der Waals surface area contributed by atoms with Crippen LogP contribution in [-0.2, 0) is 21.7 Å². The number of aromatic nitrogens is 2. The number of hydrogen-bond acceptors (Lipinski definition) is 4. The largest absolute Gasteiger partial charge is 0.378 e. The highest BCUT2D eigenvalue weighted by molar-refractivity contribution is 6.29. The Morgan fingerprint density at radius 1 is 1.42 bits per heavy atom. The molecule has 0 aromatic carbocycles. The van der Waals surface area contributed by atoms with E-state index in [2.05, 4.69) is 16.9 Å². The zero-order chi connectivity index (χ0) is 13.9. The molecule has 1 fully saturated rings. The minimum absolute atomic E-state index is 0.398. The van der Waals surface area contributed by atoms with Crippen LogP contribution in [0.4, 0.5) is 0 Å². The van der Waals surface area contributed by atoms with Crippen molar-refractivity contribution in [3.8, 4) is 0 Å². The summed E-state index contributed by atoms with van der Waals surface area (Å²) in [4.78, 5) is 8.97. The Kier molecular flexibility index (Phi) is 4.76. The first-order valence-corrected chi connectivity index (χ1v) is 7.05. The molecule has 0 radical (unpaired) electrons. The van der Waals surface area contributed by atoms with Crippen LogP contribution in [0.1, 0.15) is 44.1 Å². The molecule has 0 N–H and O–H groups in total. The molecule has 4 nitrogen and oxygen atoms in total. The summed E-state index contributed by atoms with van der Waals surface area (Å²) in [6, 6.07) is 1.74. The van der Waals surface area contributed by atoms with E-state index in [4.69, 9.17) is 21.1 Å². The lowest BCUT2D eigenvalue weighted by atomic mass is 9.78. The van der Waals surface area contributed by atoms with Crippen LogP contribution in [0.2, 0.25) is 5.15 Å². The van der Waals surface area contributed by atoms with Gasteiger partial charge in [0, 0.05) is 14.2 Å². The SMILES string of the molecule is COCc1cc(Cl)nc(C2(OC)CCCC(C)C2)n1. The van der Waals surface area contributed by atoms with Gasteiger partial charge in [0.05, 0.1) is 12.3 Å². The van der Waals surface area contributed by atoms with E-state index in [1.165, 1.54) is 6.42 Å².